The van der Waals surface area contributed by atoms with E-state index in [1.165, 1.54) is 42.4 Å². The Morgan fingerprint density at radius 2 is 1.86 bits per heavy atom. The van der Waals surface area contributed by atoms with E-state index < -0.39 is 0 Å². The fourth-order valence-corrected chi connectivity index (χ4v) is 3.39. The van der Waals surface area contributed by atoms with Gasteiger partial charge in [-0.15, -0.1) is 0 Å². The maximum atomic E-state index is 6.04. The fourth-order valence-electron chi connectivity index (χ4n) is 3.39. The Bertz CT molecular complexity index is 443. The number of epoxide rings is 1. The SMILES string of the molecule is C=C(C)[C@@H]1CC/C(C)=C/CC/C(C)=C/CC[C@]2(C)O[C@@H]2C1. The topological polar surface area (TPSA) is 12.5 Å². The molecule has 1 aliphatic heterocycles. The van der Waals surface area contributed by atoms with Crippen molar-refractivity contribution < 1.29 is 4.74 Å². The van der Waals surface area contributed by atoms with Gasteiger partial charge in [-0.1, -0.05) is 35.5 Å². The van der Waals surface area contributed by atoms with Crippen LogP contribution >= 0.6 is 0 Å². The van der Waals surface area contributed by atoms with Crippen molar-refractivity contribution in [3.05, 3.63) is 35.5 Å². The van der Waals surface area contributed by atoms with E-state index in [1.807, 2.05) is 0 Å². The summed E-state index contributed by atoms with van der Waals surface area (Å²) in [6, 6.07) is 0. The van der Waals surface area contributed by atoms with Crippen LogP contribution in [-0.4, -0.2) is 11.7 Å². The Morgan fingerprint density at radius 3 is 2.57 bits per heavy atom. The van der Waals surface area contributed by atoms with E-state index in [0.717, 1.165) is 19.3 Å². The number of allylic oxidation sites excluding steroid dienone is 5. The van der Waals surface area contributed by atoms with Crippen LogP contribution in [0.15, 0.2) is 35.5 Å². The zero-order valence-electron chi connectivity index (χ0n) is 14.4. The number of ether oxygens (including phenoxy) is 1. The number of rotatable bonds is 1. The predicted octanol–water partition coefficient (Wildman–Crippen LogP) is 5.97. The Morgan fingerprint density at radius 1 is 1.19 bits per heavy atom. The van der Waals surface area contributed by atoms with Crippen LogP contribution in [0.5, 0.6) is 0 Å². The third kappa shape index (κ3) is 4.85. The number of hydrogen-bond acceptors (Lipinski definition) is 1. The molecule has 0 N–H and O–H groups in total. The van der Waals surface area contributed by atoms with Gasteiger partial charge >= 0.3 is 0 Å². The minimum absolute atomic E-state index is 0.124. The van der Waals surface area contributed by atoms with Crippen LogP contribution in [0, 0.1) is 5.92 Å². The maximum Gasteiger partial charge on any atom is 0.0923 e. The second-order valence-corrected chi connectivity index (χ2v) is 7.42. The van der Waals surface area contributed by atoms with E-state index in [-0.39, 0.29) is 5.60 Å². The molecule has 21 heavy (non-hydrogen) atoms. The minimum atomic E-state index is 0.124. The molecule has 0 aromatic carbocycles. The molecule has 1 nitrogen and oxygen atoms in total. The Balaban J connectivity index is 2.05. The molecular weight excluding hydrogens is 256 g/mol. The molecule has 1 aliphatic carbocycles. The average molecular weight is 288 g/mol. The lowest BCUT2D eigenvalue weighted by molar-refractivity contribution is 0.289. The van der Waals surface area contributed by atoms with Gasteiger partial charge in [0.25, 0.3) is 0 Å². The lowest BCUT2D eigenvalue weighted by Gasteiger charge is -2.17. The Hall–Kier alpha value is -0.820. The van der Waals surface area contributed by atoms with E-state index >= 15 is 0 Å². The molecule has 1 heteroatoms. The van der Waals surface area contributed by atoms with Crippen molar-refractivity contribution >= 4 is 0 Å². The van der Waals surface area contributed by atoms with Crippen molar-refractivity contribution in [2.45, 2.75) is 84.3 Å². The molecule has 0 spiro atoms. The Kier molecular flexibility index (Phi) is 5.48. The Labute approximate surface area is 131 Å². The van der Waals surface area contributed by atoms with E-state index in [1.54, 1.807) is 0 Å². The molecule has 0 aromatic heterocycles. The predicted molar refractivity (Wildman–Crippen MR) is 91.4 cm³/mol. The average Bonchev–Trinajstić information content (AvgIpc) is 3.03. The normalized spacial score (nSPS) is 40.0. The zero-order valence-corrected chi connectivity index (χ0v) is 14.4. The highest BCUT2D eigenvalue weighted by Crippen LogP contribution is 2.45. The van der Waals surface area contributed by atoms with Gasteiger partial charge in [0, 0.05) is 0 Å². The first-order valence-corrected chi connectivity index (χ1v) is 8.55. The summed E-state index contributed by atoms with van der Waals surface area (Å²) in [6.07, 6.45) is 13.6. The molecule has 0 aromatic rings. The highest BCUT2D eigenvalue weighted by Gasteiger charge is 2.51. The van der Waals surface area contributed by atoms with Crippen molar-refractivity contribution in [2.24, 2.45) is 5.92 Å². The first-order valence-electron chi connectivity index (χ1n) is 8.55. The molecule has 0 amide bonds. The van der Waals surface area contributed by atoms with Crippen LogP contribution < -0.4 is 0 Å². The largest absolute Gasteiger partial charge is 0.366 e. The molecule has 0 saturated carbocycles. The van der Waals surface area contributed by atoms with Crippen molar-refractivity contribution in [3.8, 4) is 0 Å². The van der Waals surface area contributed by atoms with Crippen molar-refractivity contribution in [3.63, 3.8) is 0 Å². The molecule has 2 aliphatic rings. The van der Waals surface area contributed by atoms with Crippen LogP contribution in [0.4, 0.5) is 0 Å². The van der Waals surface area contributed by atoms with Gasteiger partial charge in [0.1, 0.15) is 0 Å². The molecular formula is C20H32O. The molecule has 2 rings (SSSR count). The first kappa shape index (κ1) is 16.5. The zero-order chi connectivity index (χ0) is 15.5. The summed E-state index contributed by atoms with van der Waals surface area (Å²) in [6.45, 7) is 13.2. The summed E-state index contributed by atoms with van der Waals surface area (Å²) in [5.41, 5.74) is 4.50. The fraction of sp³-hybridized carbons (Fsp3) is 0.700. The van der Waals surface area contributed by atoms with E-state index in [9.17, 15) is 0 Å². The maximum absolute atomic E-state index is 6.04. The van der Waals surface area contributed by atoms with Gasteiger partial charge in [-0.3, -0.25) is 0 Å². The lowest BCUT2D eigenvalue weighted by atomic mass is 9.86. The molecule has 0 radical (unpaired) electrons. The number of hydrogen-bond donors (Lipinski definition) is 0. The van der Waals surface area contributed by atoms with Crippen LogP contribution in [0.25, 0.3) is 0 Å². The summed E-state index contributed by atoms with van der Waals surface area (Å²) >= 11 is 0. The van der Waals surface area contributed by atoms with Crippen LogP contribution in [0.1, 0.15) is 72.6 Å². The van der Waals surface area contributed by atoms with Gasteiger partial charge in [0.05, 0.1) is 11.7 Å². The third-order valence-corrected chi connectivity index (χ3v) is 5.28. The standard InChI is InChI=1S/C20H32O/c1-15(2)18-12-11-17(4)9-6-8-16(3)10-7-13-20(5)19(14-18)21-20/h9-10,18-19H,1,6-8,11-14H2,2-5H3/b16-10+,17-9+/t18-,19-,20+/m1/s1. The first-order chi connectivity index (χ1) is 9.90. The van der Waals surface area contributed by atoms with Gasteiger partial charge in [0.2, 0.25) is 0 Å². The summed E-state index contributed by atoms with van der Waals surface area (Å²) in [5, 5.41) is 0. The summed E-state index contributed by atoms with van der Waals surface area (Å²) in [5.74, 6) is 0.611. The van der Waals surface area contributed by atoms with E-state index in [0.29, 0.717) is 12.0 Å². The van der Waals surface area contributed by atoms with Crippen LogP contribution in [-0.2, 0) is 4.74 Å². The second-order valence-electron chi connectivity index (χ2n) is 7.42. The van der Waals surface area contributed by atoms with Crippen molar-refractivity contribution in [1.29, 1.82) is 0 Å². The smallest absolute Gasteiger partial charge is 0.0923 e. The molecule has 118 valence electrons. The molecule has 0 bridgehead atoms. The summed E-state index contributed by atoms with van der Waals surface area (Å²) in [7, 11) is 0. The van der Waals surface area contributed by atoms with Gasteiger partial charge in [0.15, 0.2) is 0 Å². The minimum Gasteiger partial charge on any atom is -0.366 e. The molecule has 1 fully saturated rings. The molecule has 0 unspecified atom stereocenters. The van der Waals surface area contributed by atoms with Crippen molar-refractivity contribution in [2.75, 3.05) is 0 Å². The van der Waals surface area contributed by atoms with Gasteiger partial charge < -0.3 is 4.74 Å². The quantitative estimate of drug-likeness (QED) is 0.427. The van der Waals surface area contributed by atoms with Crippen LogP contribution in [0.2, 0.25) is 0 Å². The molecule has 1 heterocycles. The monoisotopic (exact) mass is 288 g/mol. The van der Waals surface area contributed by atoms with Gasteiger partial charge in [-0.05, 0) is 78.6 Å². The molecule has 3 atom stereocenters. The van der Waals surface area contributed by atoms with Crippen LogP contribution in [0.3, 0.4) is 0 Å². The van der Waals surface area contributed by atoms with Gasteiger partial charge in [-0.2, -0.15) is 0 Å². The van der Waals surface area contributed by atoms with E-state index in [4.69, 9.17) is 4.74 Å². The highest BCUT2D eigenvalue weighted by molar-refractivity contribution is 5.10. The highest BCUT2D eigenvalue weighted by atomic mass is 16.6. The van der Waals surface area contributed by atoms with Crippen molar-refractivity contribution in [1.82, 2.24) is 0 Å². The van der Waals surface area contributed by atoms with Gasteiger partial charge in [-0.25, -0.2) is 0 Å². The number of fused-ring (bicyclic) bond motifs is 1. The van der Waals surface area contributed by atoms with E-state index in [2.05, 4.69) is 46.4 Å². The second kappa shape index (κ2) is 6.96. The lowest BCUT2D eigenvalue weighted by Crippen LogP contribution is -2.14. The summed E-state index contributed by atoms with van der Waals surface area (Å²) in [4.78, 5) is 0. The molecule has 1 saturated heterocycles. The third-order valence-electron chi connectivity index (χ3n) is 5.28. The summed E-state index contributed by atoms with van der Waals surface area (Å²) < 4.78 is 6.04.